The maximum absolute atomic E-state index is 12.4. The zero-order valence-corrected chi connectivity index (χ0v) is 12.7. The van der Waals surface area contributed by atoms with E-state index in [2.05, 4.69) is 5.32 Å². The highest BCUT2D eigenvalue weighted by molar-refractivity contribution is 7.91. The van der Waals surface area contributed by atoms with Crippen LogP contribution in [0.5, 0.6) is 0 Å². The van der Waals surface area contributed by atoms with Crippen LogP contribution in [0.3, 0.4) is 0 Å². The second kappa shape index (κ2) is 6.25. The minimum Gasteiger partial charge on any atom is -0.317 e. The molecule has 2 atom stereocenters. The molecule has 1 aromatic rings. The van der Waals surface area contributed by atoms with Crippen molar-refractivity contribution in [3.63, 3.8) is 0 Å². The molecule has 1 aliphatic rings. The molecular formula is C14H20ClNO2S. The second-order valence-corrected chi connectivity index (χ2v) is 7.93. The van der Waals surface area contributed by atoms with Crippen LogP contribution in [-0.4, -0.2) is 26.8 Å². The van der Waals surface area contributed by atoms with Gasteiger partial charge in [-0.05, 0) is 44.0 Å². The van der Waals surface area contributed by atoms with E-state index in [-0.39, 0.29) is 11.0 Å². The van der Waals surface area contributed by atoms with Crippen LogP contribution < -0.4 is 5.32 Å². The van der Waals surface area contributed by atoms with Gasteiger partial charge in [-0.15, -0.1) is 0 Å². The van der Waals surface area contributed by atoms with Gasteiger partial charge in [0, 0.05) is 11.1 Å². The number of sulfone groups is 1. The Morgan fingerprint density at radius 2 is 1.95 bits per heavy atom. The van der Waals surface area contributed by atoms with E-state index in [4.69, 9.17) is 11.6 Å². The second-order valence-electron chi connectivity index (χ2n) is 5.21. The van der Waals surface area contributed by atoms with Gasteiger partial charge in [0.25, 0.3) is 0 Å². The summed E-state index contributed by atoms with van der Waals surface area (Å²) in [5.74, 6) is 0.116. The Morgan fingerprint density at radius 1 is 1.26 bits per heavy atom. The van der Waals surface area contributed by atoms with Crippen LogP contribution in [0.25, 0.3) is 0 Å². The van der Waals surface area contributed by atoms with E-state index >= 15 is 0 Å². The number of nitrogens with one attached hydrogen (secondary N) is 1. The van der Waals surface area contributed by atoms with E-state index in [9.17, 15) is 8.42 Å². The quantitative estimate of drug-likeness (QED) is 0.930. The molecular weight excluding hydrogens is 282 g/mol. The van der Waals surface area contributed by atoms with Crippen molar-refractivity contribution in [2.24, 2.45) is 0 Å². The lowest BCUT2D eigenvalue weighted by atomic mass is 9.95. The lowest BCUT2D eigenvalue weighted by molar-refractivity contribution is 0.390. The predicted octanol–water partition coefficient (Wildman–Crippen LogP) is 2.79. The molecule has 106 valence electrons. The van der Waals surface area contributed by atoms with E-state index in [0.717, 1.165) is 31.2 Å². The Hall–Kier alpha value is -0.580. The van der Waals surface area contributed by atoms with Crippen molar-refractivity contribution in [1.29, 1.82) is 0 Å². The Labute approximate surface area is 120 Å². The molecule has 0 bridgehead atoms. The zero-order chi connectivity index (χ0) is 13.9. The van der Waals surface area contributed by atoms with Gasteiger partial charge in [-0.1, -0.05) is 30.2 Å². The minimum atomic E-state index is -3.08. The van der Waals surface area contributed by atoms with Crippen molar-refractivity contribution in [3.05, 3.63) is 34.9 Å². The summed E-state index contributed by atoms with van der Waals surface area (Å²) < 4.78 is 24.9. The standard InChI is InChI=1S/C14H20ClNO2S/c1-16-13-3-2-4-14(9-13)19(17,18)10-11-5-7-12(15)8-6-11/h5-8,13-14,16H,2-4,9-10H2,1H3. The van der Waals surface area contributed by atoms with Gasteiger partial charge in [0.2, 0.25) is 0 Å². The van der Waals surface area contributed by atoms with E-state index in [1.165, 1.54) is 0 Å². The third-order valence-electron chi connectivity index (χ3n) is 3.82. The third-order valence-corrected chi connectivity index (χ3v) is 6.25. The number of hydrogen-bond donors (Lipinski definition) is 1. The fraction of sp³-hybridized carbons (Fsp3) is 0.571. The fourth-order valence-corrected chi connectivity index (χ4v) is 4.73. The van der Waals surface area contributed by atoms with Crippen LogP contribution in [0.4, 0.5) is 0 Å². The van der Waals surface area contributed by atoms with Crippen molar-refractivity contribution in [2.75, 3.05) is 7.05 Å². The highest BCUT2D eigenvalue weighted by Crippen LogP contribution is 2.26. The Balaban J connectivity index is 2.07. The van der Waals surface area contributed by atoms with E-state index in [1.807, 2.05) is 7.05 Å². The molecule has 0 spiro atoms. The molecule has 0 heterocycles. The highest BCUT2D eigenvalue weighted by atomic mass is 35.5. The SMILES string of the molecule is CNC1CCCC(S(=O)(=O)Cc2ccc(Cl)cc2)C1. The molecule has 2 unspecified atom stereocenters. The zero-order valence-electron chi connectivity index (χ0n) is 11.1. The van der Waals surface area contributed by atoms with Crippen LogP contribution in [-0.2, 0) is 15.6 Å². The van der Waals surface area contributed by atoms with Crippen molar-refractivity contribution in [3.8, 4) is 0 Å². The fourth-order valence-electron chi connectivity index (χ4n) is 2.66. The molecule has 1 fully saturated rings. The van der Waals surface area contributed by atoms with Gasteiger partial charge in [0.15, 0.2) is 9.84 Å². The average Bonchev–Trinajstić information content (AvgIpc) is 2.41. The van der Waals surface area contributed by atoms with Gasteiger partial charge in [0.1, 0.15) is 0 Å². The van der Waals surface area contributed by atoms with E-state index in [0.29, 0.717) is 11.1 Å². The first-order valence-electron chi connectivity index (χ1n) is 6.64. The molecule has 5 heteroatoms. The molecule has 1 saturated carbocycles. The summed E-state index contributed by atoms with van der Waals surface area (Å²) in [6, 6.07) is 7.39. The van der Waals surface area contributed by atoms with E-state index in [1.54, 1.807) is 24.3 Å². The summed E-state index contributed by atoms with van der Waals surface area (Å²) in [6.45, 7) is 0. The largest absolute Gasteiger partial charge is 0.317 e. The van der Waals surface area contributed by atoms with Crippen LogP contribution in [0.2, 0.25) is 5.02 Å². The molecule has 0 aromatic heterocycles. The van der Waals surface area contributed by atoms with Crippen LogP contribution in [0, 0.1) is 0 Å². The summed E-state index contributed by atoms with van der Waals surface area (Å²) in [5.41, 5.74) is 0.816. The monoisotopic (exact) mass is 301 g/mol. The molecule has 19 heavy (non-hydrogen) atoms. The smallest absolute Gasteiger partial charge is 0.157 e. The lowest BCUT2D eigenvalue weighted by Gasteiger charge is -2.28. The topological polar surface area (TPSA) is 46.2 Å². The summed E-state index contributed by atoms with van der Waals surface area (Å²) in [7, 11) is -1.17. The number of rotatable bonds is 4. The lowest BCUT2D eigenvalue weighted by Crippen LogP contribution is -2.37. The molecule has 2 rings (SSSR count). The van der Waals surface area contributed by atoms with Crippen molar-refractivity contribution < 1.29 is 8.42 Å². The van der Waals surface area contributed by atoms with Gasteiger partial charge in [-0.3, -0.25) is 0 Å². The predicted molar refractivity (Wildman–Crippen MR) is 79.2 cm³/mol. The van der Waals surface area contributed by atoms with Gasteiger partial charge in [-0.25, -0.2) is 8.42 Å². The number of halogens is 1. The summed E-state index contributed by atoms with van der Waals surface area (Å²) in [4.78, 5) is 0. The molecule has 3 nitrogen and oxygen atoms in total. The van der Waals surface area contributed by atoms with Crippen LogP contribution >= 0.6 is 11.6 Å². The first-order valence-corrected chi connectivity index (χ1v) is 8.74. The highest BCUT2D eigenvalue weighted by Gasteiger charge is 2.31. The Morgan fingerprint density at radius 3 is 2.58 bits per heavy atom. The maximum atomic E-state index is 12.4. The third kappa shape index (κ3) is 3.94. The molecule has 0 saturated heterocycles. The molecule has 1 N–H and O–H groups in total. The number of hydrogen-bond acceptors (Lipinski definition) is 3. The van der Waals surface area contributed by atoms with Gasteiger partial charge < -0.3 is 5.32 Å². The van der Waals surface area contributed by atoms with Gasteiger partial charge >= 0.3 is 0 Å². The molecule has 1 aromatic carbocycles. The van der Waals surface area contributed by atoms with Crippen molar-refractivity contribution >= 4 is 21.4 Å². The van der Waals surface area contributed by atoms with Crippen LogP contribution in [0.1, 0.15) is 31.2 Å². The normalized spacial score (nSPS) is 24.3. The average molecular weight is 302 g/mol. The molecule has 0 aliphatic heterocycles. The maximum Gasteiger partial charge on any atom is 0.157 e. The molecule has 0 amide bonds. The van der Waals surface area contributed by atoms with Crippen LogP contribution in [0.15, 0.2) is 24.3 Å². The Bertz CT molecular complexity index is 513. The molecule has 1 aliphatic carbocycles. The molecule has 0 radical (unpaired) electrons. The Kier molecular flexibility index (Phi) is 4.87. The first kappa shape index (κ1) is 14.8. The van der Waals surface area contributed by atoms with Gasteiger partial charge in [0.05, 0.1) is 11.0 Å². The summed E-state index contributed by atoms with van der Waals surface area (Å²) >= 11 is 5.81. The summed E-state index contributed by atoms with van der Waals surface area (Å²) in [6.07, 6.45) is 3.57. The van der Waals surface area contributed by atoms with Crippen molar-refractivity contribution in [2.45, 2.75) is 42.7 Å². The first-order chi connectivity index (χ1) is 9.01. The number of benzene rings is 1. The van der Waals surface area contributed by atoms with E-state index < -0.39 is 9.84 Å². The minimum absolute atomic E-state index is 0.116. The summed E-state index contributed by atoms with van der Waals surface area (Å²) in [5, 5.41) is 3.62. The van der Waals surface area contributed by atoms with Gasteiger partial charge in [-0.2, -0.15) is 0 Å². The van der Waals surface area contributed by atoms with Crippen molar-refractivity contribution in [1.82, 2.24) is 5.32 Å².